The molecule has 1 radical (unpaired) electrons. The fraction of sp³-hybridized carbons (Fsp3) is 1.00. The Morgan fingerprint density at radius 3 is 1.82 bits per heavy atom. The standard InChI is InChI=1S/C7H16B.C3H8/c1-4-6-7(3)8-5-2;1-3-2/h7H,4-6H2,1-3H3;3H2,1-2H3. The van der Waals surface area contributed by atoms with Crippen LogP contribution in [-0.4, -0.2) is 7.28 Å². The van der Waals surface area contributed by atoms with Crippen molar-refractivity contribution in [3.63, 3.8) is 0 Å². The molecule has 0 saturated heterocycles. The topological polar surface area (TPSA) is 0 Å². The third-order valence-corrected chi connectivity index (χ3v) is 1.38. The van der Waals surface area contributed by atoms with E-state index in [1.54, 1.807) is 0 Å². The molecule has 0 amide bonds. The second kappa shape index (κ2) is 12.7. The van der Waals surface area contributed by atoms with Crippen LogP contribution in [0.15, 0.2) is 0 Å². The van der Waals surface area contributed by atoms with Gasteiger partial charge in [0.15, 0.2) is 0 Å². The van der Waals surface area contributed by atoms with Gasteiger partial charge in [0.2, 0.25) is 0 Å². The van der Waals surface area contributed by atoms with E-state index < -0.39 is 0 Å². The van der Waals surface area contributed by atoms with E-state index in [0.29, 0.717) is 0 Å². The van der Waals surface area contributed by atoms with Gasteiger partial charge in [-0.2, -0.15) is 0 Å². The van der Waals surface area contributed by atoms with Crippen LogP contribution in [0.5, 0.6) is 0 Å². The van der Waals surface area contributed by atoms with Gasteiger partial charge >= 0.3 is 0 Å². The van der Waals surface area contributed by atoms with Crippen molar-refractivity contribution >= 4 is 7.28 Å². The quantitative estimate of drug-likeness (QED) is 0.535. The maximum Gasteiger partial charge on any atom is 0.112 e. The summed E-state index contributed by atoms with van der Waals surface area (Å²) in [6.07, 6.45) is 5.15. The predicted octanol–water partition coefficient (Wildman–Crippen LogP) is 4.15. The van der Waals surface area contributed by atoms with Gasteiger partial charge in [0.25, 0.3) is 0 Å². The third kappa shape index (κ3) is 17.8. The Morgan fingerprint density at radius 1 is 1.09 bits per heavy atom. The van der Waals surface area contributed by atoms with Crippen LogP contribution in [0.2, 0.25) is 12.1 Å². The van der Waals surface area contributed by atoms with Crippen LogP contribution in [0.3, 0.4) is 0 Å². The van der Waals surface area contributed by atoms with Crippen molar-refractivity contribution in [2.45, 2.75) is 66.0 Å². The first-order valence-electron chi connectivity index (χ1n) is 5.06. The smallest absolute Gasteiger partial charge is 0.0827 e. The van der Waals surface area contributed by atoms with E-state index in [0.717, 1.165) is 5.82 Å². The van der Waals surface area contributed by atoms with Crippen molar-refractivity contribution in [1.82, 2.24) is 0 Å². The fourth-order valence-corrected chi connectivity index (χ4v) is 0.976. The molecular weight excluding hydrogens is 131 g/mol. The monoisotopic (exact) mass is 155 g/mol. The predicted molar refractivity (Wildman–Crippen MR) is 56.5 cm³/mol. The minimum atomic E-state index is 0.838. The lowest BCUT2D eigenvalue weighted by Crippen LogP contribution is -1.95. The lowest BCUT2D eigenvalue weighted by Gasteiger charge is -2.04. The Bertz CT molecular complexity index is 46.8. The molecule has 0 saturated carbocycles. The van der Waals surface area contributed by atoms with E-state index >= 15 is 0 Å². The summed E-state index contributed by atoms with van der Waals surface area (Å²) in [5, 5.41) is 0. The van der Waals surface area contributed by atoms with Gasteiger partial charge in [-0.05, 0) is 0 Å². The molecule has 0 heterocycles. The van der Waals surface area contributed by atoms with E-state index in [1.807, 2.05) is 0 Å². The highest BCUT2D eigenvalue weighted by atomic mass is 13.9. The van der Waals surface area contributed by atoms with E-state index in [1.165, 1.54) is 25.6 Å². The molecule has 0 fully saturated rings. The zero-order valence-electron chi connectivity index (χ0n) is 8.98. The van der Waals surface area contributed by atoms with Gasteiger partial charge in [-0.25, -0.2) is 0 Å². The Labute approximate surface area is 74.0 Å². The van der Waals surface area contributed by atoms with E-state index in [9.17, 15) is 0 Å². The Kier molecular flexibility index (Phi) is 15.8. The molecule has 0 aromatic carbocycles. The fourth-order valence-electron chi connectivity index (χ4n) is 0.976. The summed E-state index contributed by atoms with van der Waals surface area (Å²) in [7, 11) is 2.38. The van der Waals surface area contributed by atoms with Crippen LogP contribution in [0, 0.1) is 0 Å². The molecule has 1 unspecified atom stereocenters. The molecule has 0 spiro atoms. The molecule has 0 rings (SSSR count). The molecular formula is C10H24B. The SMILES string of the molecule is CCC.CC[B]C(C)CCC. The third-order valence-electron chi connectivity index (χ3n) is 1.38. The van der Waals surface area contributed by atoms with Crippen LogP contribution in [0.25, 0.3) is 0 Å². The first-order valence-corrected chi connectivity index (χ1v) is 5.06. The van der Waals surface area contributed by atoms with Gasteiger partial charge in [0.05, 0.1) is 0 Å². The summed E-state index contributed by atoms with van der Waals surface area (Å²) in [5.41, 5.74) is 0. The maximum atomic E-state index is 2.38. The van der Waals surface area contributed by atoms with Gasteiger partial charge in [-0.3, -0.25) is 0 Å². The van der Waals surface area contributed by atoms with Crippen molar-refractivity contribution in [2.75, 3.05) is 0 Å². The molecule has 0 N–H and O–H groups in total. The van der Waals surface area contributed by atoms with Gasteiger partial charge in [0.1, 0.15) is 7.28 Å². The second-order valence-electron chi connectivity index (χ2n) is 3.12. The van der Waals surface area contributed by atoms with E-state index in [-0.39, 0.29) is 0 Å². The van der Waals surface area contributed by atoms with Crippen molar-refractivity contribution < 1.29 is 0 Å². The summed E-state index contributed by atoms with van der Waals surface area (Å²) in [6, 6.07) is 0. The molecule has 0 aliphatic rings. The first kappa shape index (κ1) is 13.6. The van der Waals surface area contributed by atoms with Gasteiger partial charge in [0, 0.05) is 0 Å². The molecule has 0 bridgehead atoms. The average molecular weight is 155 g/mol. The summed E-state index contributed by atoms with van der Waals surface area (Å²) < 4.78 is 0. The second-order valence-corrected chi connectivity index (χ2v) is 3.12. The van der Waals surface area contributed by atoms with E-state index in [2.05, 4.69) is 41.9 Å². The number of hydrogen-bond donors (Lipinski definition) is 0. The Hall–Kier alpha value is 0.0649. The van der Waals surface area contributed by atoms with Gasteiger partial charge < -0.3 is 0 Å². The summed E-state index contributed by atoms with van der Waals surface area (Å²) in [6.45, 7) is 11.0. The van der Waals surface area contributed by atoms with Crippen LogP contribution in [-0.2, 0) is 0 Å². The van der Waals surface area contributed by atoms with Crippen LogP contribution >= 0.6 is 0 Å². The molecule has 67 valence electrons. The van der Waals surface area contributed by atoms with Crippen molar-refractivity contribution in [3.8, 4) is 0 Å². The molecule has 0 nitrogen and oxygen atoms in total. The zero-order valence-corrected chi connectivity index (χ0v) is 8.98. The van der Waals surface area contributed by atoms with Crippen LogP contribution in [0.1, 0.15) is 53.9 Å². The maximum absolute atomic E-state index is 2.38. The van der Waals surface area contributed by atoms with Gasteiger partial charge in [-0.1, -0.05) is 66.0 Å². The molecule has 0 aromatic rings. The lowest BCUT2D eigenvalue weighted by atomic mass is 9.62. The number of rotatable bonds is 4. The van der Waals surface area contributed by atoms with Crippen LogP contribution in [0.4, 0.5) is 0 Å². The summed E-state index contributed by atoms with van der Waals surface area (Å²) in [4.78, 5) is 0. The highest BCUT2D eigenvalue weighted by Gasteiger charge is 1.97. The highest BCUT2D eigenvalue weighted by Crippen LogP contribution is 2.10. The zero-order chi connectivity index (χ0) is 9.11. The molecule has 1 heteroatoms. The average Bonchev–Trinajstić information content (AvgIpc) is 1.90. The largest absolute Gasteiger partial charge is 0.112 e. The molecule has 0 aliphatic heterocycles. The molecule has 11 heavy (non-hydrogen) atoms. The first-order chi connectivity index (χ1) is 5.22. The van der Waals surface area contributed by atoms with Crippen molar-refractivity contribution in [1.29, 1.82) is 0 Å². The molecule has 0 aromatic heterocycles. The Morgan fingerprint density at radius 2 is 1.55 bits per heavy atom. The van der Waals surface area contributed by atoms with Crippen LogP contribution < -0.4 is 0 Å². The minimum Gasteiger partial charge on any atom is -0.0827 e. The minimum absolute atomic E-state index is 0.838. The Balaban J connectivity index is 0. The normalized spacial score (nSPS) is 11.4. The summed E-state index contributed by atoms with van der Waals surface area (Å²) in [5.74, 6) is 0.838. The molecule has 1 atom stereocenters. The number of hydrogen-bond acceptors (Lipinski definition) is 0. The van der Waals surface area contributed by atoms with Crippen molar-refractivity contribution in [3.05, 3.63) is 0 Å². The molecule has 0 aliphatic carbocycles. The van der Waals surface area contributed by atoms with Gasteiger partial charge in [-0.15, -0.1) is 0 Å². The summed E-state index contributed by atoms with van der Waals surface area (Å²) >= 11 is 0. The highest BCUT2D eigenvalue weighted by molar-refractivity contribution is 6.37. The van der Waals surface area contributed by atoms with E-state index in [4.69, 9.17) is 0 Å². The van der Waals surface area contributed by atoms with Crippen molar-refractivity contribution in [2.24, 2.45) is 0 Å². The lowest BCUT2D eigenvalue weighted by molar-refractivity contribution is 0.760.